The normalized spacial score (nSPS) is 14.7. The predicted molar refractivity (Wildman–Crippen MR) is 160 cm³/mol. The van der Waals surface area contributed by atoms with E-state index in [0.717, 1.165) is 35.8 Å². The number of benzene rings is 3. The fourth-order valence-electron chi connectivity index (χ4n) is 3.47. The Morgan fingerprint density at radius 3 is 2.41 bits per heavy atom. The van der Waals surface area contributed by atoms with Gasteiger partial charge in [-0.2, -0.15) is 13.2 Å². The van der Waals surface area contributed by atoms with E-state index in [2.05, 4.69) is 50.5 Å². The molecule has 0 saturated carbocycles. The Morgan fingerprint density at radius 1 is 1.05 bits per heavy atom. The van der Waals surface area contributed by atoms with Crippen molar-refractivity contribution in [2.75, 3.05) is 11.9 Å². The summed E-state index contributed by atoms with van der Waals surface area (Å²) in [6.07, 6.45) is -3.04. The highest BCUT2D eigenvalue weighted by atomic mass is 127. The van der Waals surface area contributed by atoms with Crippen LogP contribution in [0.15, 0.2) is 65.6 Å². The number of nitrogens with zero attached hydrogens (tertiary/aromatic N) is 1. The minimum atomic E-state index is -4.58. The van der Waals surface area contributed by atoms with Gasteiger partial charge in [-0.1, -0.05) is 35.9 Å². The summed E-state index contributed by atoms with van der Waals surface area (Å²) in [7, 11) is 0. The van der Waals surface area contributed by atoms with Crippen LogP contribution < -0.4 is 10.1 Å². The van der Waals surface area contributed by atoms with Gasteiger partial charge in [0.05, 0.1) is 17.6 Å². The molecule has 6 nitrogen and oxygen atoms in total. The third kappa shape index (κ3) is 7.46. The van der Waals surface area contributed by atoms with Crippen LogP contribution in [0.3, 0.4) is 0 Å². The number of imide groups is 1. The van der Waals surface area contributed by atoms with Crippen LogP contribution >= 0.6 is 68.5 Å². The van der Waals surface area contributed by atoms with Gasteiger partial charge in [-0.15, -0.1) is 0 Å². The van der Waals surface area contributed by atoms with Crippen molar-refractivity contribution < 1.29 is 32.3 Å². The number of thioether (sulfide) groups is 1. The number of halogens is 6. The molecule has 39 heavy (non-hydrogen) atoms. The average molecular weight is 799 g/mol. The topological polar surface area (TPSA) is 75.7 Å². The highest BCUT2D eigenvalue weighted by molar-refractivity contribution is 14.1. The summed E-state index contributed by atoms with van der Waals surface area (Å²) in [6, 6.07) is 15.0. The zero-order chi connectivity index (χ0) is 28.3. The number of nitrogens with one attached hydrogen (secondary N) is 1. The zero-order valence-corrected chi connectivity index (χ0v) is 25.4. The smallest absolute Gasteiger partial charge is 0.416 e. The van der Waals surface area contributed by atoms with Gasteiger partial charge >= 0.3 is 6.18 Å². The van der Waals surface area contributed by atoms with Crippen LogP contribution in [0.5, 0.6) is 5.75 Å². The van der Waals surface area contributed by atoms with Gasteiger partial charge in [0, 0.05) is 16.3 Å². The van der Waals surface area contributed by atoms with E-state index in [-0.39, 0.29) is 17.2 Å². The molecule has 1 saturated heterocycles. The molecule has 0 unspecified atom stereocenters. The van der Waals surface area contributed by atoms with Crippen LogP contribution in [0.2, 0.25) is 5.02 Å². The van der Waals surface area contributed by atoms with Gasteiger partial charge in [-0.3, -0.25) is 19.3 Å². The predicted octanol–water partition coefficient (Wildman–Crippen LogP) is 7.82. The molecule has 1 N–H and O–H groups in total. The number of hydrogen-bond donors (Lipinski definition) is 1. The van der Waals surface area contributed by atoms with Crippen LogP contribution in [-0.2, 0) is 22.4 Å². The van der Waals surface area contributed by atoms with Crippen LogP contribution in [0.4, 0.5) is 23.7 Å². The Morgan fingerprint density at radius 2 is 1.74 bits per heavy atom. The van der Waals surface area contributed by atoms with E-state index in [1.807, 2.05) is 18.2 Å². The van der Waals surface area contributed by atoms with Crippen molar-refractivity contribution in [2.24, 2.45) is 0 Å². The van der Waals surface area contributed by atoms with Crippen molar-refractivity contribution >= 4 is 97.4 Å². The second-order valence-electron chi connectivity index (χ2n) is 8.09. The van der Waals surface area contributed by atoms with E-state index >= 15 is 0 Å². The lowest BCUT2D eigenvalue weighted by Gasteiger charge is -2.14. The third-order valence-corrected chi connectivity index (χ3v) is 8.18. The van der Waals surface area contributed by atoms with Gasteiger partial charge in [0.15, 0.2) is 0 Å². The molecular formula is C26H16ClF3I2N2O4S. The maximum absolute atomic E-state index is 12.9. The molecule has 13 heteroatoms. The van der Waals surface area contributed by atoms with E-state index < -0.39 is 35.3 Å². The molecule has 0 atom stereocenters. The van der Waals surface area contributed by atoms with Gasteiger partial charge in [-0.05, 0) is 105 Å². The van der Waals surface area contributed by atoms with Crippen molar-refractivity contribution in [1.82, 2.24) is 4.90 Å². The van der Waals surface area contributed by atoms with Crippen molar-refractivity contribution in [3.8, 4) is 5.75 Å². The first-order valence-corrected chi connectivity index (χ1v) is 14.4. The van der Waals surface area contributed by atoms with E-state index in [9.17, 15) is 27.6 Å². The first-order valence-electron chi connectivity index (χ1n) is 11.0. The molecule has 4 rings (SSSR count). The molecule has 1 aliphatic heterocycles. The monoisotopic (exact) mass is 798 g/mol. The van der Waals surface area contributed by atoms with Gasteiger partial charge in [0.25, 0.3) is 11.1 Å². The molecule has 1 aliphatic rings. The Hall–Kier alpha value is -2.30. The van der Waals surface area contributed by atoms with E-state index in [4.69, 9.17) is 16.3 Å². The highest BCUT2D eigenvalue weighted by Gasteiger charge is 2.36. The summed E-state index contributed by atoms with van der Waals surface area (Å²) in [5.41, 5.74) is 0.450. The number of alkyl halides is 3. The number of carbonyl (C=O) groups is 3. The third-order valence-electron chi connectivity index (χ3n) is 5.30. The van der Waals surface area contributed by atoms with Crippen LogP contribution in [0, 0.1) is 7.14 Å². The fourth-order valence-corrected chi connectivity index (χ4v) is 6.63. The fraction of sp³-hybridized carbons (Fsp3) is 0.115. The second-order valence-corrected chi connectivity index (χ2v) is 11.8. The number of carbonyl (C=O) groups excluding carboxylic acids is 3. The molecule has 202 valence electrons. The minimum absolute atomic E-state index is 0.0988. The summed E-state index contributed by atoms with van der Waals surface area (Å²) in [5.74, 6) is -0.831. The van der Waals surface area contributed by atoms with Crippen LogP contribution in [0.1, 0.15) is 16.7 Å². The average Bonchev–Trinajstić information content (AvgIpc) is 3.11. The summed E-state index contributed by atoms with van der Waals surface area (Å²) in [5, 5.41) is 2.24. The van der Waals surface area contributed by atoms with Crippen molar-refractivity contribution in [3.05, 3.63) is 94.4 Å². The first kappa shape index (κ1) is 29.7. The molecule has 3 aromatic rings. The first-order chi connectivity index (χ1) is 18.4. The van der Waals surface area contributed by atoms with Crippen LogP contribution in [0.25, 0.3) is 6.08 Å². The quantitative estimate of drug-likeness (QED) is 0.195. The number of amides is 3. The SMILES string of the molecule is O=C(CN1C(=O)S/C(=C\c2cc(I)c(OCc3ccccc3Cl)c(I)c2)C1=O)Nc1cccc(C(F)(F)F)c1. The Labute approximate surface area is 257 Å². The molecule has 0 bridgehead atoms. The summed E-state index contributed by atoms with van der Waals surface area (Å²) in [6.45, 7) is -0.366. The summed E-state index contributed by atoms with van der Waals surface area (Å²) < 4.78 is 46.3. The van der Waals surface area contributed by atoms with Gasteiger partial charge in [0.1, 0.15) is 18.9 Å². The van der Waals surface area contributed by atoms with Crippen molar-refractivity contribution in [2.45, 2.75) is 12.8 Å². The lowest BCUT2D eigenvalue weighted by Crippen LogP contribution is -2.36. The Bertz CT molecular complexity index is 1480. The lowest BCUT2D eigenvalue weighted by molar-refractivity contribution is -0.137. The molecular weight excluding hydrogens is 783 g/mol. The molecule has 0 aromatic heterocycles. The van der Waals surface area contributed by atoms with Gasteiger partial charge < -0.3 is 10.1 Å². The van der Waals surface area contributed by atoms with Gasteiger partial charge in [0.2, 0.25) is 5.91 Å². The Balaban J connectivity index is 1.43. The largest absolute Gasteiger partial charge is 0.487 e. The van der Waals surface area contributed by atoms with E-state index in [0.29, 0.717) is 28.1 Å². The molecule has 1 heterocycles. The lowest BCUT2D eigenvalue weighted by atomic mass is 10.2. The van der Waals surface area contributed by atoms with Crippen molar-refractivity contribution in [3.63, 3.8) is 0 Å². The highest BCUT2D eigenvalue weighted by Crippen LogP contribution is 2.35. The number of ether oxygens (including phenoxy) is 1. The molecule has 0 aliphatic carbocycles. The molecule has 3 amide bonds. The maximum atomic E-state index is 12.9. The summed E-state index contributed by atoms with van der Waals surface area (Å²) in [4.78, 5) is 38.6. The van der Waals surface area contributed by atoms with Crippen LogP contribution in [-0.4, -0.2) is 28.5 Å². The molecule has 1 fully saturated rings. The second kappa shape index (κ2) is 12.5. The molecule has 0 radical (unpaired) electrons. The zero-order valence-electron chi connectivity index (χ0n) is 19.5. The summed E-state index contributed by atoms with van der Waals surface area (Å²) >= 11 is 11.1. The Kier molecular flexibility index (Phi) is 9.49. The number of anilines is 1. The number of rotatable bonds is 7. The number of hydrogen-bond acceptors (Lipinski definition) is 5. The molecule has 3 aromatic carbocycles. The van der Waals surface area contributed by atoms with E-state index in [1.165, 1.54) is 12.1 Å². The van der Waals surface area contributed by atoms with Crippen molar-refractivity contribution in [1.29, 1.82) is 0 Å². The van der Waals surface area contributed by atoms with Gasteiger partial charge in [-0.25, -0.2) is 0 Å². The van der Waals surface area contributed by atoms with E-state index in [1.54, 1.807) is 18.2 Å². The minimum Gasteiger partial charge on any atom is -0.487 e. The molecule has 0 spiro atoms. The maximum Gasteiger partial charge on any atom is 0.416 e. The standard InChI is InChI=1S/C26H16ClF3I2N2O4S/c27-18-7-2-1-4-15(18)13-38-23-19(31)8-14(9-20(23)32)10-21-24(36)34(25(37)39-21)12-22(35)33-17-6-3-5-16(11-17)26(28,29)30/h1-11H,12-13H2,(H,33,35)/b21-10-.